The lowest BCUT2D eigenvalue weighted by molar-refractivity contribution is 0.861. The molecule has 1 heterocycles. The molecule has 0 aliphatic heterocycles. The van der Waals surface area contributed by atoms with Crippen molar-refractivity contribution in [3.05, 3.63) is 76.4 Å². The lowest BCUT2D eigenvalue weighted by atomic mass is 10.2. The van der Waals surface area contributed by atoms with Crippen LogP contribution in [0.4, 0.5) is 17.5 Å². The second-order valence-corrected chi connectivity index (χ2v) is 6.53. The van der Waals surface area contributed by atoms with E-state index in [2.05, 4.69) is 27.4 Å². The molecule has 0 aliphatic rings. The topological polar surface area (TPSA) is 41.1 Å². The Morgan fingerprint density at radius 2 is 1.76 bits per heavy atom. The van der Waals surface area contributed by atoms with E-state index in [0.717, 1.165) is 34.3 Å². The van der Waals surface area contributed by atoms with Gasteiger partial charge in [-0.15, -0.1) is 0 Å². The van der Waals surface area contributed by atoms with E-state index in [-0.39, 0.29) is 0 Å². The Morgan fingerprint density at radius 1 is 1.00 bits per heavy atom. The van der Waals surface area contributed by atoms with Gasteiger partial charge in [0.15, 0.2) is 0 Å². The number of nitrogens with one attached hydrogen (secondary N) is 1. The Bertz CT molecular complexity index is 865. The van der Waals surface area contributed by atoms with Crippen molar-refractivity contribution < 1.29 is 0 Å². The molecule has 3 rings (SSSR count). The fraction of sp³-hybridized carbons (Fsp3) is 0.200. The second kappa shape index (κ2) is 7.53. The van der Waals surface area contributed by atoms with Gasteiger partial charge in [0.2, 0.25) is 5.95 Å². The summed E-state index contributed by atoms with van der Waals surface area (Å²) in [6.45, 7) is 4.70. The van der Waals surface area contributed by atoms with Gasteiger partial charge in [-0.05, 0) is 37.1 Å². The maximum atomic E-state index is 6.20. The van der Waals surface area contributed by atoms with Crippen molar-refractivity contribution in [1.82, 2.24) is 9.97 Å². The second-order valence-electron chi connectivity index (χ2n) is 6.13. The van der Waals surface area contributed by atoms with Crippen LogP contribution in [0.15, 0.2) is 54.6 Å². The molecular weight excluding hydrogens is 332 g/mol. The lowest BCUT2D eigenvalue weighted by Gasteiger charge is -2.18. The zero-order valence-electron chi connectivity index (χ0n) is 14.6. The molecule has 1 N–H and O–H groups in total. The van der Waals surface area contributed by atoms with Crippen LogP contribution < -0.4 is 10.2 Å². The minimum absolute atomic E-state index is 0.685. The first kappa shape index (κ1) is 17.2. The number of rotatable bonds is 5. The van der Waals surface area contributed by atoms with Gasteiger partial charge in [-0.25, -0.2) is 4.98 Å². The zero-order chi connectivity index (χ0) is 17.8. The largest absolute Gasteiger partial charge is 0.340 e. The summed E-state index contributed by atoms with van der Waals surface area (Å²) in [6.07, 6.45) is 0. The van der Waals surface area contributed by atoms with E-state index in [1.807, 2.05) is 68.3 Å². The van der Waals surface area contributed by atoms with Crippen LogP contribution in [0.1, 0.15) is 16.8 Å². The molecule has 25 heavy (non-hydrogen) atoms. The van der Waals surface area contributed by atoms with E-state index < -0.39 is 0 Å². The van der Waals surface area contributed by atoms with Crippen LogP contribution >= 0.6 is 11.6 Å². The molecule has 0 amide bonds. The first-order valence-corrected chi connectivity index (χ1v) is 8.53. The van der Waals surface area contributed by atoms with Crippen LogP contribution in [-0.2, 0) is 6.54 Å². The highest BCUT2D eigenvalue weighted by Gasteiger charge is 2.09. The highest BCUT2D eigenvalue weighted by Crippen LogP contribution is 2.23. The van der Waals surface area contributed by atoms with E-state index in [9.17, 15) is 0 Å². The monoisotopic (exact) mass is 352 g/mol. The molecule has 0 atom stereocenters. The molecule has 3 aromatic rings. The fourth-order valence-electron chi connectivity index (χ4n) is 2.53. The molecule has 0 radical (unpaired) electrons. The number of hydrogen-bond donors (Lipinski definition) is 1. The Balaban J connectivity index is 1.81. The first-order valence-electron chi connectivity index (χ1n) is 8.15. The average molecular weight is 353 g/mol. The van der Waals surface area contributed by atoms with Gasteiger partial charge >= 0.3 is 0 Å². The van der Waals surface area contributed by atoms with Gasteiger partial charge in [0.25, 0.3) is 0 Å². The Hall–Kier alpha value is -2.59. The minimum atomic E-state index is 0.685. The summed E-state index contributed by atoms with van der Waals surface area (Å²) in [4.78, 5) is 11.2. The zero-order valence-corrected chi connectivity index (χ0v) is 15.4. The Kier molecular flexibility index (Phi) is 5.19. The van der Waals surface area contributed by atoms with Crippen molar-refractivity contribution in [2.75, 3.05) is 17.3 Å². The van der Waals surface area contributed by atoms with Crippen molar-refractivity contribution in [2.45, 2.75) is 20.4 Å². The third-order valence-corrected chi connectivity index (χ3v) is 4.30. The maximum Gasteiger partial charge on any atom is 0.227 e. The predicted octanol–water partition coefficient (Wildman–Crippen LogP) is 5.13. The number of aromatic nitrogens is 2. The number of anilines is 3. The number of aryl methyl sites for hydroxylation is 2. The van der Waals surface area contributed by atoms with Gasteiger partial charge in [-0.1, -0.05) is 48.0 Å². The summed E-state index contributed by atoms with van der Waals surface area (Å²) in [5.41, 5.74) is 4.08. The van der Waals surface area contributed by atoms with E-state index in [0.29, 0.717) is 5.95 Å². The smallest absolute Gasteiger partial charge is 0.227 e. The number of hydrogen-bond acceptors (Lipinski definition) is 4. The van der Waals surface area contributed by atoms with Crippen molar-refractivity contribution in [2.24, 2.45) is 0 Å². The molecule has 1 aromatic heterocycles. The predicted molar refractivity (Wildman–Crippen MR) is 105 cm³/mol. The normalized spacial score (nSPS) is 10.6. The standard InChI is InChI=1S/C20H21ClN4/c1-14-9-10-17(12-18(14)21)23-19-11-15(2)22-20(24-19)25(3)13-16-7-5-4-6-8-16/h4-12H,13H2,1-3H3,(H,22,23,24). The highest BCUT2D eigenvalue weighted by atomic mass is 35.5. The summed E-state index contributed by atoms with van der Waals surface area (Å²) in [5.74, 6) is 1.44. The van der Waals surface area contributed by atoms with Gasteiger partial charge in [0.05, 0.1) is 0 Å². The summed E-state index contributed by atoms with van der Waals surface area (Å²) in [6, 6.07) is 18.1. The van der Waals surface area contributed by atoms with Crippen molar-refractivity contribution in [1.29, 1.82) is 0 Å². The van der Waals surface area contributed by atoms with Crippen LogP contribution in [-0.4, -0.2) is 17.0 Å². The average Bonchev–Trinajstić information content (AvgIpc) is 2.58. The van der Waals surface area contributed by atoms with E-state index in [1.54, 1.807) is 0 Å². The summed E-state index contributed by atoms with van der Waals surface area (Å²) >= 11 is 6.20. The van der Waals surface area contributed by atoms with Crippen molar-refractivity contribution >= 4 is 29.1 Å². The van der Waals surface area contributed by atoms with Gasteiger partial charge in [-0.3, -0.25) is 0 Å². The Morgan fingerprint density at radius 3 is 2.48 bits per heavy atom. The summed E-state index contributed by atoms with van der Waals surface area (Å²) in [7, 11) is 1.99. The fourth-order valence-corrected chi connectivity index (χ4v) is 2.71. The van der Waals surface area contributed by atoms with Crippen LogP contribution in [0, 0.1) is 13.8 Å². The Labute approximate surface area is 153 Å². The van der Waals surface area contributed by atoms with Gasteiger partial charge in [0.1, 0.15) is 5.82 Å². The highest BCUT2D eigenvalue weighted by molar-refractivity contribution is 6.31. The van der Waals surface area contributed by atoms with Crippen LogP contribution in [0.5, 0.6) is 0 Å². The molecule has 0 bridgehead atoms. The SMILES string of the molecule is Cc1cc(Nc2ccc(C)c(Cl)c2)nc(N(C)Cc2ccccc2)n1. The van der Waals surface area contributed by atoms with Gasteiger partial charge in [-0.2, -0.15) is 4.98 Å². The molecule has 128 valence electrons. The molecule has 0 aliphatic carbocycles. The first-order chi connectivity index (χ1) is 12.0. The molecule has 2 aromatic carbocycles. The van der Waals surface area contributed by atoms with Gasteiger partial charge in [0, 0.05) is 36.1 Å². The molecular formula is C20H21ClN4. The van der Waals surface area contributed by atoms with Gasteiger partial charge < -0.3 is 10.2 Å². The van der Waals surface area contributed by atoms with E-state index >= 15 is 0 Å². The summed E-state index contributed by atoms with van der Waals surface area (Å²) in [5, 5.41) is 4.04. The van der Waals surface area contributed by atoms with Crippen LogP contribution in [0.2, 0.25) is 5.02 Å². The van der Waals surface area contributed by atoms with Crippen LogP contribution in [0.25, 0.3) is 0 Å². The minimum Gasteiger partial charge on any atom is -0.340 e. The maximum absolute atomic E-state index is 6.20. The van der Waals surface area contributed by atoms with Crippen molar-refractivity contribution in [3.8, 4) is 0 Å². The molecule has 5 heteroatoms. The number of halogens is 1. The number of nitrogens with zero attached hydrogens (tertiary/aromatic N) is 3. The molecule has 0 unspecified atom stereocenters. The van der Waals surface area contributed by atoms with Crippen molar-refractivity contribution in [3.63, 3.8) is 0 Å². The molecule has 0 saturated heterocycles. The number of benzene rings is 2. The van der Waals surface area contributed by atoms with E-state index in [1.165, 1.54) is 5.56 Å². The third kappa shape index (κ3) is 4.48. The van der Waals surface area contributed by atoms with E-state index in [4.69, 9.17) is 11.6 Å². The van der Waals surface area contributed by atoms with Crippen LogP contribution in [0.3, 0.4) is 0 Å². The lowest BCUT2D eigenvalue weighted by Crippen LogP contribution is -2.19. The summed E-state index contributed by atoms with van der Waals surface area (Å²) < 4.78 is 0. The third-order valence-electron chi connectivity index (χ3n) is 3.89. The molecule has 4 nitrogen and oxygen atoms in total. The molecule has 0 saturated carbocycles. The quantitative estimate of drug-likeness (QED) is 0.691. The molecule has 0 spiro atoms. The molecule has 0 fully saturated rings.